The molecule has 0 aliphatic heterocycles. The van der Waals surface area contributed by atoms with Gasteiger partial charge in [-0.2, -0.15) is 0 Å². The molecule has 15 heavy (non-hydrogen) atoms. The van der Waals surface area contributed by atoms with Crippen LogP contribution in [0.1, 0.15) is 25.7 Å². The predicted octanol–water partition coefficient (Wildman–Crippen LogP) is 2.88. The summed E-state index contributed by atoms with van der Waals surface area (Å²) in [6.07, 6.45) is 11.5. The van der Waals surface area contributed by atoms with Crippen LogP contribution in [0.5, 0.6) is 0 Å². The van der Waals surface area contributed by atoms with Gasteiger partial charge in [-0.25, -0.2) is 0 Å². The lowest BCUT2D eigenvalue weighted by Gasteiger charge is -1.94. The summed E-state index contributed by atoms with van der Waals surface area (Å²) in [7, 11) is 3.42. The van der Waals surface area contributed by atoms with Gasteiger partial charge in [-0.3, -0.25) is 0 Å². The zero-order valence-corrected chi connectivity index (χ0v) is 9.78. The highest BCUT2D eigenvalue weighted by atomic mass is 16.5. The van der Waals surface area contributed by atoms with Crippen LogP contribution in [0.3, 0.4) is 0 Å². The van der Waals surface area contributed by atoms with Crippen molar-refractivity contribution in [3.63, 3.8) is 0 Å². The van der Waals surface area contributed by atoms with E-state index in [2.05, 4.69) is 0 Å². The summed E-state index contributed by atoms with van der Waals surface area (Å²) in [5.74, 6) is 0. The van der Waals surface area contributed by atoms with Crippen molar-refractivity contribution in [3.8, 4) is 0 Å². The van der Waals surface area contributed by atoms with Crippen LogP contribution < -0.4 is 0 Å². The molecule has 88 valence electrons. The first kappa shape index (κ1) is 14.2. The lowest BCUT2D eigenvalue weighted by atomic mass is 10.3. The van der Waals surface area contributed by atoms with Gasteiger partial charge in [0.15, 0.2) is 0 Å². The Labute approximate surface area is 92.7 Å². The molecule has 0 spiro atoms. The van der Waals surface area contributed by atoms with Crippen molar-refractivity contribution >= 4 is 0 Å². The van der Waals surface area contributed by atoms with Crippen molar-refractivity contribution in [2.24, 2.45) is 0 Å². The van der Waals surface area contributed by atoms with Gasteiger partial charge in [-0.15, -0.1) is 0 Å². The van der Waals surface area contributed by atoms with E-state index in [-0.39, 0.29) is 0 Å². The summed E-state index contributed by atoms with van der Waals surface area (Å²) >= 11 is 0. The van der Waals surface area contributed by atoms with Crippen molar-refractivity contribution in [1.29, 1.82) is 0 Å². The van der Waals surface area contributed by atoms with Crippen LogP contribution in [-0.2, 0) is 14.2 Å². The number of rotatable bonds is 10. The third-order valence-corrected chi connectivity index (χ3v) is 1.79. The van der Waals surface area contributed by atoms with Crippen molar-refractivity contribution in [1.82, 2.24) is 0 Å². The minimum absolute atomic E-state index is 0.803. The Morgan fingerprint density at radius 1 is 0.800 bits per heavy atom. The minimum atomic E-state index is 0.803. The second kappa shape index (κ2) is 13.2. The van der Waals surface area contributed by atoms with Gasteiger partial charge in [0.2, 0.25) is 0 Å². The predicted molar refractivity (Wildman–Crippen MR) is 61.6 cm³/mol. The summed E-state index contributed by atoms with van der Waals surface area (Å²) in [4.78, 5) is 0. The Bertz CT molecular complexity index is 146. The second-order valence-corrected chi connectivity index (χ2v) is 3.15. The van der Waals surface area contributed by atoms with Gasteiger partial charge in [0.25, 0.3) is 0 Å². The largest absolute Gasteiger partial charge is 0.473 e. The van der Waals surface area contributed by atoms with E-state index in [4.69, 9.17) is 14.2 Å². The van der Waals surface area contributed by atoms with E-state index >= 15 is 0 Å². The fourth-order valence-electron chi connectivity index (χ4n) is 0.984. The zero-order chi connectivity index (χ0) is 11.2. The number of hydrogen-bond donors (Lipinski definition) is 0. The third kappa shape index (κ3) is 13.2. The molecule has 0 atom stereocenters. The smallest absolute Gasteiger partial charge is 0.0861 e. The molecule has 0 aliphatic rings. The second-order valence-electron chi connectivity index (χ2n) is 3.15. The van der Waals surface area contributed by atoms with Gasteiger partial charge < -0.3 is 14.2 Å². The molecule has 0 aromatic rings. The molecule has 0 N–H and O–H groups in total. The van der Waals surface area contributed by atoms with Crippen molar-refractivity contribution in [2.45, 2.75) is 25.7 Å². The van der Waals surface area contributed by atoms with Gasteiger partial charge >= 0.3 is 0 Å². The SMILES string of the molecule is COCCCC=COC=CCCCOC. The molecule has 0 aromatic heterocycles. The minimum Gasteiger partial charge on any atom is -0.473 e. The van der Waals surface area contributed by atoms with Crippen molar-refractivity contribution in [2.75, 3.05) is 27.4 Å². The highest BCUT2D eigenvalue weighted by molar-refractivity contribution is 4.79. The first-order chi connectivity index (χ1) is 7.41. The summed E-state index contributed by atoms with van der Waals surface area (Å²) < 4.78 is 15.0. The maximum absolute atomic E-state index is 5.15. The number of ether oxygens (including phenoxy) is 3. The Morgan fingerprint density at radius 3 is 1.67 bits per heavy atom. The van der Waals surface area contributed by atoms with Crippen LogP contribution in [0.2, 0.25) is 0 Å². The highest BCUT2D eigenvalue weighted by Crippen LogP contribution is 1.94. The molecule has 0 rings (SSSR count). The van der Waals surface area contributed by atoms with Crippen LogP contribution in [0.4, 0.5) is 0 Å². The van der Waals surface area contributed by atoms with Crippen LogP contribution in [0.15, 0.2) is 24.7 Å². The maximum atomic E-state index is 5.15. The van der Waals surface area contributed by atoms with Crippen molar-refractivity contribution in [3.05, 3.63) is 24.7 Å². The maximum Gasteiger partial charge on any atom is 0.0861 e. The van der Waals surface area contributed by atoms with Gasteiger partial charge in [0, 0.05) is 27.4 Å². The van der Waals surface area contributed by atoms with Gasteiger partial charge in [-0.05, 0) is 37.8 Å². The fraction of sp³-hybridized carbons (Fsp3) is 0.667. The monoisotopic (exact) mass is 214 g/mol. The summed E-state index contributed by atoms with van der Waals surface area (Å²) in [6.45, 7) is 1.61. The Kier molecular flexibility index (Phi) is 12.5. The Hall–Kier alpha value is -0.800. The molecule has 0 saturated carbocycles. The van der Waals surface area contributed by atoms with E-state index in [1.165, 1.54) is 0 Å². The van der Waals surface area contributed by atoms with Crippen LogP contribution >= 0.6 is 0 Å². The number of hydrogen-bond acceptors (Lipinski definition) is 3. The summed E-state index contributed by atoms with van der Waals surface area (Å²) in [5.41, 5.74) is 0. The van der Waals surface area contributed by atoms with E-state index in [1.54, 1.807) is 26.7 Å². The Balaban J connectivity index is 3.14. The molecule has 0 aromatic carbocycles. The molecular weight excluding hydrogens is 192 g/mol. The number of allylic oxidation sites excluding steroid dienone is 2. The summed E-state index contributed by atoms with van der Waals surface area (Å²) in [5, 5.41) is 0. The zero-order valence-electron chi connectivity index (χ0n) is 9.78. The lowest BCUT2D eigenvalue weighted by Crippen LogP contribution is -1.86. The summed E-state index contributed by atoms with van der Waals surface area (Å²) in [6, 6.07) is 0. The first-order valence-corrected chi connectivity index (χ1v) is 5.35. The van der Waals surface area contributed by atoms with Gasteiger partial charge in [0.05, 0.1) is 12.5 Å². The van der Waals surface area contributed by atoms with E-state index in [0.29, 0.717) is 0 Å². The Morgan fingerprint density at radius 2 is 1.27 bits per heavy atom. The highest BCUT2D eigenvalue weighted by Gasteiger charge is 1.82. The van der Waals surface area contributed by atoms with Gasteiger partial charge in [0.1, 0.15) is 0 Å². The average Bonchev–Trinajstić information content (AvgIpc) is 2.26. The van der Waals surface area contributed by atoms with Crippen LogP contribution in [0, 0.1) is 0 Å². The molecule has 0 saturated heterocycles. The molecule has 3 heteroatoms. The average molecular weight is 214 g/mol. The molecular formula is C12H22O3. The topological polar surface area (TPSA) is 27.7 Å². The number of methoxy groups -OCH3 is 2. The molecule has 3 nitrogen and oxygen atoms in total. The van der Waals surface area contributed by atoms with E-state index in [9.17, 15) is 0 Å². The molecule has 0 heterocycles. The lowest BCUT2D eigenvalue weighted by molar-refractivity contribution is 0.195. The van der Waals surface area contributed by atoms with Crippen molar-refractivity contribution < 1.29 is 14.2 Å². The fourth-order valence-corrected chi connectivity index (χ4v) is 0.984. The normalized spacial score (nSPS) is 11.6. The third-order valence-electron chi connectivity index (χ3n) is 1.79. The van der Waals surface area contributed by atoms with Crippen LogP contribution in [-0.4, -0.2) is 27.4 Å². The first-order valence-electron chi connectivity index (χ1n) is 5.35. The van der Waals surface area contributed by atoms with E-state index < -0.39 is 0 Å². The molecule has 0 aliphatic carbocycles. The van der Waals surface area contributed by atoms with E-state index in [1.807, 2.05) is 12.2 Å². The molecule has 0 radical (unpaired) electrons. The van der Waals surface area contributed by atoms with E-state index in [0.717, 1.165) is 38.9 Å². The molecule has 0 bridgehead atoms. The van der Waals surface area contributed by atoms with Gasteiger partial charge in [-0.1, -0.05) is 0 Å². The number of unbranched alkanes of at least 4 members (excludes halogenated alkanes) is 2. The molecule has 0 unspecified atom stereocenters. The molecule has 0 amide bonds. The quantitative estimate of drug-likeness (QED) is 0.413. The standard InChI is InChI=1S/C12H22O3/c1-13-9-5-3-7-11-15-12-8-4-6-10-14-2/h7-8,11-12H,3-6,9-10H2,1-2H3. The molecule has 0 fully saturated rings. The van der Waals surface area contributed by atoms with Crippen LogP contribution in [0.25, 0.3) is 0 Å².